The van der Waals surface area contributed by atoms with Crippen molar-refractivity contribution < 1.29 is 12.8 Å². The zero-order chi connectivity index (χ0) is 14.8. The van der Waals surface area contributed by atoms with Crippen LogP contribution in [0.1, 0.15) is 44.3 Å². The summed E-state index contributed by atoms with van der Waals surface area (Å²) in [6, 6.07) is -0.0947. The topological polar surface area (TPSA) is 50.5 Å². The summed E-state index contributed by atoms with van der Waals surface area (Å²) in [5.74, 6) is 1.12. The Kier molecular flexibility index (Phi) is 5.47. The van der Waals surface area contributed by atoms with Gasteiger partial charge in [0.2, 0.25) is 10.0 Å². The van der Waals surface area contributed by atoms with E-state index in [1.807, 2.05) is 20.8 Å². The Morgan fingerprint density at radius 3 is 2.26 bits per heavy atom. The van der Waals surface area contributed by atoms with E-state index in [0.717, 1.165) is 6.42 Å². The van der Waals surface area contributed by atoms with Crippen LogP contribution < -0.4 is 0 Å². The second-order valence-corrected chi connectivity index (χ2v) is 6.96. The number of rotatable bonds is 6. The van der Waals surface area contributed by atoms with E-state index in [0.29, 0.717) is 23.6 Å². The number of alkyl halides is 1. The highest BCUT2D eigenvalue weighted by atomic mass is 35.5. The molecule has 110 valence electrons. The molecule has 0 aliphatic rings. The van der Waals surface area contributed by atoms with Gasteiger partial charge in [0, 0.05) is 18.2 Å². The van der Waals surface area contributed by atoms with Gasteiger partial charge in [-0.1, -0.05) is 6.92 Å². The van der Waals surface area contributed by atoms with Crippen LogP contribution in [0.3, 0.4) is 0 Å². The second-order valence-electron chi connectivity index (χ2n) is 4.87. The first-order valence-corrected chi connectivity index (χ1v) is 8.41. The number of aryl methyl sites for hydroxylation is 2. The molecule has 0 saturated carbocycles. The van der Waals surface area contributed by atoms with Crippen LogP contribution in [0.15, 0.2) is 9.31 Å². The molecule has 0 amide bonds. The largest absolute Gasteiger partial charge is 0.465 e. The Balaban J connectivity index is 3.41. The minimum absolute atomic E-state index is 0.0947. The van der Waals surface area contributed by atoms with Crippen LogP contribution in [0, 0.1) is 13.8 Å². The highest BCUT2D eigenvalue weighted by Gasteiger charge is 2.33. The lowest BCUT2D eigenvalue weighted by Gasteiger charge is -2.25. The van der Waals surface area contributed by atoms with E-state index in [2.05, 4.69) is 0 Å². The Bertz CT molecular complexity index is 534. The maximum Gasteiger partial charge on any atom is 0.247 e. The number of nitrogens with zero attached hydrogens (tertiary/aromatic N) is 1. The SMILES string of the molecule is CCCN(C(C)C)S(=O)(=O)c1c(C)oc(C)c1CCl. The van der Waals surface area contributed by atoms with Gasteiger partial charge in [-0.15, -0.1) is 11.6 Å². The molecule has 0 atom stereocenters. The van der Waals surface area contributed by atoms with Crippen molar-refractivity contribution in [2.45, 2.75) is 57.9 Å². The van der Waals surface area contributed by atoms with E-state index in [9.17, 15) is 8.42 Å². The van der Waals surface area contributed by atoms with Gasteiger partial charge >= 0.3 is 0 Å². The highest BCUT2D eigenvalue weighted by molar-refractivity contribution is 7.89. The number of sulfonamides is 1. The number of hydrogen-bond donors (Lipinski definition) is 0. The summed E-state index contributed by atoms with van der Waals surface area (Å²) >= 11 is 5.88. The zero-order valence-electron chi connectivity index (χ0n) is 12.2. The third-order valence-corrected chi connectivity index (χ3v) is 5.58. The fourth-order valence-corrected chi connectivity index (χ4v) is 4.74. The number of hydrogen-bond acceptors (Lipinski definition) is 3. The van der Waals surface area contributed by atoms with Crippen LogP contribution in [0.5, 0.6) is 0 Å². The van der Waals surface area contributed by atoms with E-state index < -0.39 is 10.0 Å². The Hall–Kier alpha value is -0.520. The molecule has 1 aromatic heterocycles. The summed E-state index contributed by atoms with van der Waals surface area (Å²) < 4.78 is 32.5. The smallest absolute Gasteiger partial charge is 0.247 e. The van der Waals surface area contributed by atoms with Crippen LogP contribution in [0.4, 0.5) is 0 Å². The van der Waals surface area contributed by atoms with E-state index in [-0.39, 0.29) is 16.8 Å². The molecule has 0 spiro atoms. The average Bonchev–Trinajstić information content (AvgIpc) is 2.60. The normalized spacial score (nSPS) is 12.6. The van der Waals surface area contributed by atoms with E-state index in [1.54, 1.807) is 13.8 Å². The summed E-state index contributed by atoms with van der Waals surface area (Å²) in [7, 11) is -3.56. The summed E-state index contributed by atoms with van der Waals surface area (Å²) in [4.78, 5) is 0.238. The molecule has 1 heterocycles. The molecule has 0 saturated heterocycles. The lowest BCUT2D eigenvalue weighted by Crippen LogP contribution is -2.38. The number of furan rings is 1. The molecule has 0 radical (unpaired) electrons. The second kappa shape index (κ2) is 6.29. The van der Waals surface area contributed by atoms with E-state index in [4.69, 9.17) is 16.0 Å². The molecule has 4 nitrogen and oxygen atoms in total. The van der Waals surface area contributed by atoms with Crippen molar-refractivity contribution in [1.29, 1.82) is 0 Å². The van der Waals surface area contributed by atoms with Crippen molar-refractivity contribution in [1.82, 2.24) is 4.31 Å². The first-order valence-electron chi connectivity index (χ1n) is 6.44. The Morgan fingerprint density at radius 2 is 1.84 bits per heavy atom. The van der Waals surface area contributed by atoms with Crippen molar-refractivity contribution >= 4 is 21.6 Å². The molecule has 1 rings (SSSR count). The molecule has 0 fully saturated rings. The zero-order valence-corrected chi connectivity index (χ0v) is 13.7. The third kappa shape index (κ3) is 3.15. The van der Waals surface area contributed by atoms with Crippen molar-refractivity contribution in [3.63, 3.8) is 0 Å². The average molecular weight is 308 g/mol. The molecule has 0 aromatic carbocycles. The first-order chi connectivity index (χ1) is 8.77. The maximum atomic E-state index is 12.8. The summed E-state index contributed by atoms with van der Waals surface area (Å²) in [6.45, 7) is 9.60. The lowest BCUT2D eigenvalue weighted by atomic mass is 10.3. The van der Waals surface area contributed by atoms with Gasteiger partial charge in [-0.2, -0.15) is 4.31 Å². The van der Waals surface area contributed by atoms with Gasteiger partial charge in [0.25, 0.3) is 0 Å². The molecule has 0 aliphatic heterocycles. The van der Waals surface area contributed by atoms with Crippen molar-refractivity contribution in [2.24, 2.45) is 0 Å². The maximum absolute atomic E-state index is 12.8. The quantitative estimate of drug-likeness (QED) is 0.756. The van der Waals surface area contributed by atoms with Gasteiger partial charge in [0.1, 0.15) is 16.4 Å². The van der Waals surface area contributed by atoms with Crippen molar-refractivity contribution in [2.75, 3.05) is 6.54 Å². The molecular weight excluding hydrogens is 286 g/mol. The van der Waals surface area contributed by atoms with Crippen LogP contribution in [-0.2, 0) is 15.9 Å². The monoisotopic (exact) mass is 307 g/mol. The van der Waals surface area contributed by atoms with E-state index >= 15 is 0 Å². The summed E-state index contributed by atoms with van der Waals surface area (Å²) in [6.07, 6.45) is 0.767. The minimum Gasteiger partial charge on any atom is -0.465 e. The van der Waals surface area contributed by atoms with Gasteiger partial charge in [0.05, 0.1) is 5.88 Å². The predicted octanol–water partition coefficient (Wildman–Crippen LogP) is 3.44. The molecule has 0 bridgehead atoms. The van der Waals surface area contributed by atoms with E-state index in [1.165, 1.54) is 4.31 Å². The van der Waals surface area contributed by atoms with Crippen LogP contribution in [0.25, 0.3) is 0 Å². The van der Waals surface area contributed by atoms with Gasteiger partial charge in [0.15, 0.2) is 0 Å². The lowest BCUT2D eigenvalue weighted by molar-refractivity contribution is 0.353. The van der Waals surface area contributed by atoms with Crippen LogP contribution >= 0.6 is 11.6 Å². The fraction of sp³-hybridized carbons (Fsp3) is 0.692. The molecule has 6 heteroatoms. The molecule has 0 unspecified atom stereocenters. The van der Waals surface area contributed by atoms with Gasteiger partial charge in [-0.25, -0.2) is 8.42 Å². The summed E-state index contributed by atoms with van der Waals surface area (Å²) in [5, 5.41) is 0. The molecular formula is C13H22ClNO3S. The molecule has 0 N–H and O–H groups in total. The molecule has 19 heavy (non-hydrogen) atoms. The molecule has 1 aromatic rings. The predicted molar refractivity (Wildman–Crippen MR) is 77.1 cm³/mol. The van der Waals surface area contributed by atoms with Crippen LogP contribution in [-0.4, -0.2) is 25.3 Å². The van der Waals surface area contributed by atoms with Gasteiger partial charge in [-0.05, 0) is 34.1 Å². The van der Waals surface area contributed by atoms with Crippen molar-refractivity contribution in [3.8, 4) is 0 Å². The highest BCUT2D eigenvalue weighted by Crippen LogP contribution is 2.31. The standard InChI is InChI=1S/C13H22ClNO3S/c1-6-7-15(9(2)3)19(16,17)13-11(5)18-10(4)12(13)8-14/h9H,6-8H2,1-5H3. The Morgan fingerprint density at radius 1 is 1.26 bits per heavy atom. The molecule has 0 aliphatic carbocycles. The first kappa shape index (κ1) is 16.5. The number of halogens is 1. The Labute approximate surface area is 120 Å². The van der Waals surface area contributed by atoms with Gasteiger partial charge < -0.3 is 4.42 Å². The van der Waals surface area contributed by atoms with Crippen LogP contribution in [0.2, 0.25) is 0 Å². The third-order valence-electron chi connectivity index (χ3n) is 3.05. The van der Waals surface area contributed by atoms with Gasteiger partial charge in [-0.3, -0.25) is 0 Å². The minimum atomic E-state index is -3.56. The fourth-order valence-electron chi connectivity index (χ4n) is 2.20. The summed E-state index contributed by atoms with van der Waals surface area (Å²) in [5.41, 5.74) is 0.570. The van der Waals surface area contributed by atoms with Crippen molar-refractivity contribution in [3.05, 3.63) is 17.1 Å².